The van der Waals surface area contributed by atoms with Crippen molar-refractivity contribution in [1.29, 1.82) is 0 Å². The Morgan fingerprint density at radius 1 is 1.35 bits per heavy atom. The van der Waals surface area contributed by atoms with Gasteiger partial charge in [0.05, 0.1) is 0 Å². The van der Waals surface area contributed by atoms with Crippen molar-refractivity contribution in [2.24, 2.45) is 5.73 Å². The number of halogens is 3. The molecule has 0 saturated carbocycles. The Morgan fingerprint density at radius 2 is 1.82 bits per heavy atom. The van der Waals surface area contributed by atoms with Gasteiger partial charge in [0.1, 0.15) is 0 Å². The van der Waals surface area contributed by atoms with Crippen molar-refractivity contribution < 1.29 is 23.1 Å². The van der Waals surface area contributed by atoms with E-state index >= 15 is 0 Å². The minimum atomic E-state index is -4.81. The van der Waals surface area contributed by atoms with Gasteiger partial charge in [-0.25, -0.2) is 0 Å². The molecule has 0 radical (unpaired) electrons. The second-order valence-corrected chi connectivity index (χ2v) is 4.54. The van der Waals surface area contributed by atoms with Gasteiger partial charge in [-0.1, -0.05) is 6.92 Å². The van der Waals surface area contributed by atoms with E-state index in [2.05, 4.69) is 5.32 Å². The van der Waals surface area contributed by atoms with Gasteiger partial charge in [-0.15, -0.1) is 0 Å². The number of amides is 1. The lowest BCUT2D eigenvalue weighted by molar-refractivity contribution is -0.188. The fourth-order valence-corrected chi connectivity index (χ4v) is 1.11. The minimum Gasteiger partial charge on any atom is -0.396 e. The van der Waals surface area contributed by atoms with Gasteiger partial charge in [0.2, 0.25) is 5.91 Å². The summed E-state index contributed by atoms with van der Waals surface area (Å²) in [5, 5.41) is 11.1. The molecule has 1 amide bonds. The first-order valence-electron chi connectivity index (χ1n) is 5.29. The van der Waals surface area contributed by atoms with Crippen LogP contribution in [0, 0.1) is 0 Å². The molecule has 0 heterocycles. The van der Waals surface area contributed by atoms with Crippen LogP contribution in [0.3, 0.4) is 0 Å². The molecule has 0 fully saturated rings. The SMILES string of the molecule is CCC(C)(CCO)NC(=O)C(C)(N)C(F)(F)F. The normalized spacial score (nSPS) is 19.3. The number of aliphatic hydroxyl groups is 1. The zero-order chi connectivity index (χ0) is 13.9. The maximum Gasteiger partial charge on any atom is 0.415 e. The third kappa shape index (κ3) is 3.85. The van der Waals surface area contributed by atoms with Crippen LogP contribution in [0.1, 0.15) is 33.6 Å². The summed E-state index contributed by atoms with van der Waals surface area (Å²) in [6.45, 7) is 3.67. The van der Waals surface area contributed by atoms with Gasteiger partial charge in [-0.05, 0) is 26.7 Å². The van der Waals surface area contributed by atoms with Crippen LogP contribution in [0.4, 0.5) is 13.2 Å². The molecule has 4 N–H and O–H groups in total. The van der Waals surface area contributed by atoms with E-state index < -0.39 is 23.2 Å². The van der Waals surface area contributed by atoms with Gasteiger partial charge < -0.3 is 16.2 Å². The van der Waals surface area contributed by atoms with Crippen LogP contribution in [0.25, 0.3) is 0 Å². The molecule has 102 valence electrons. The van der Waals surface area contributed by atoms with E-state index in [9.17, 15) is 18.0 Å². The summed E-state index contributed by atoms with van der Waals surface area (Å²) in [5.74, 6) is -1.29. The van der Waals surface area contributed by atoms with Crippen LogP contribution in [0.15, 0.2) is 0 Å². The van der Waals surface area contributed by atoms with Crippen molar-refractivity contribution in [1.82, 2.24) is 5.32 Å². The van der Waals surface area contributed by atoms with Gasteiger partial charge in [0, 0.05) is 12.1 Å². The highest BCUT2D eigenvalue weighted by Crippen LogP contribution is 2.29. The number of alkyl halides is 3. The summed E-state index contributed by atoms with van der Waals surface area (Å²) >= 11 is 0. The highest BCUT2D eigenvalue weighted by atomic mass is 19.4. The van der Waals surface area contributed by atoms with E-state index in [0.29, 0.717) is 13.3 Å². The molecular weight excluding hydrogens is 237 g/mol. The molecule has 0 aromatic heterocycles. The van der Waals surface area contributed by atoms with Gasteiger partial charge in [0.25, 0.3) is 0 Å². The van der Waals surface area contributed by atoms with Crippen molar-refractivity contribution in [3.8, 4) is 0 Å². The monoisotopic (exact) mass is 256 g/mol. The summed E-state index contributed by atoms with van der Waals surface area (Å²) in [4.78, 5) is 11.5. The first-order valence-corrected chi connectivity index (χ1v) is 5.29. The van der Waals surface area contributed by atoms with Gasteiger partial charge in [-0.3, -0.25) is 4.79 Å². The zero-order valence-electron chi connectivity index (χ0n) is 10.2. The topological polar surface area (TPSA) is 75.3 Å². The zero-order valence-corrected chi connectivity index (χ0v) is 10.2. The summed E-state index contributed by atoms with van der Waals surface area (Å²) in [7, 11) is 0. The number of aliphatic hydroxyl groups excluding tert-OH is 1. The predicted molar refractivity (Wildman–Crippen MR) is 57.2 cm³/mol. The fourth-order valence-electron chi connectivity index (χ4n) is 1.11. The molecule has 0 aliphatic rings. The number of hydrogen-bond donors (Lipinski definition) is 3. The quantitative estimate of drug-likeness (QED) is 0.685. The lowest BCUT2D eigenvalue weighted by atomic mass is 9.92. The first-order chi connectivity index (χ1) is 7.50. The van der Waals surface area contributed by atoms with Crippen molar-refractivity contribution in [3.63, 3.8) is 0 Å². The average Bonchev–Trinajstić information content (AvgIpc) is 2.16. The summed E-state index contributed by atoms with van der Waals surface area (Å²) in [6, 6.07) is 0. The van der Waals surface area contributed by atoms with Crippen LogP contribution in [-0.2, 0) is 4.79 Å². The van der Waals surface area contributed by atoms with Crippen molar-refractivity contribution in [3.05, 3.63) is 0 Å². The second-order valence-electron chi connectivity index (χ2n) is 4.54. The number of carbonyl (C=O) groups excluding carboxylic acids is 1. The van der Waals surface area contributed by atoms with Crippen molar-refractivity contribution >= 4 is 5.91 Å². The highest BCUT2D eigenvalue weighted by Gasteiger charge is 2.54. The Labute approximate surface area is 98.4 Å². The molecule has 0 rings (SSSR count). The molecule has 2 atom stereocenters. The number of rotatable bonds is 5. The highest BCUT2D eigenvalue weighted by molar-refractivity contribution is 5.87. The van der Waals surface area contributed by atoms with E-state index in [0.717, 1.165) is 0 Å². The van der Waals surface area contributed by atoms with E-state index in [4.69, 9.17) is 10.8 Å². The molecule has 0 aromatic carbocycles. The van der Waals surface area contributed by atoms with Crippen LogP contribution in [0.5, 0.6) is 0 Å². The van der Waals surface area contributed by atoms with E-state index in [1.165, 1.54) is 0 Å². The molecule has 0 aliphatic heterocycles. The van der Waals surface area contributed by atoms with Gasteiger partial charge in [0.15, 0.2) is 5.54 Å². The smallest absolute Gasteiger partial charge is 0.396 e. The molecular formula is C10H19F3N2O2. The number of hydrogen-bond acceptors (Lipinski definition) is 3. The minimum absolute atomic E-state index is 0.170. The second kappa shape index (κ2) is 5.22. The third-order valence-electron chi connectivity index (χ3n) is 2.92. The lowest BCUT2D eigenvalue weighted by Crippen LogP contribution is -2.64. The third-order valence-corrected chi connectivity index (χ3v) is 2.92. The van der Waals surface area contributed by atoms with Crippen LogP contribution >= 0.6 is 0 Å². The fraction of sp³-hybridized carbons (Fsp3) is 0.900. The van der Waals surface area contributed by atoms with E-state index in [1.807, 2.05) is 0 Å². The maximum absolute atomic E-state index is 12.5. The number of nitrogens with two attached hydrogens (primary N) is 1. The standard InChI is InChI=1S/C10H19F3N2O2/c1-4-8(2,5-6-16)15-7(17)9(3,14)10(11,12)13/h16H,4-6,14H2,1-3H3,(H,15,17). The lowest BCUT2D eigenvalue weighted by Gasteiger charge is -2.34. The van der Waals surface area contributed by atoms with Crippen LogP contribution < -0.4 is 11.1 Å². The molecule has 7 heteroatoms. The van der Waals surface area contributed by atoms with Crippen LogP contribution in [0.2, 0.25) is 0 Å². The molecule has 4 nitrogen and oxygen atoms in total. The van der Waals surface area contributed by atoms with Crippen LogP contribution in [-0.4, -0.2) is 34.9 Å². The Kier molecular flexibility index (Phi) is 4.97. The van der Waals surface area contributed by atoms with Gasteiger partial charge >= 0.3 is 6.18 Å². The average molecular weight is 256 g/mol. The van der Waals surface area contributed by atoms with Crippen molar-refractivity contribution in [2.75, 3.05) is 6.61 Å². The Morgan fingerprint density at radius 3 is 2.12 bits per heavy atom. The Bertz CT molecular complexity index is 279. The molecule has 0 bridgehead atoms. The first kappa shape index (κ1) is 16.2. The molecule has 0 aliphatic carbocycles. The largest absolute Gasteiger partial charge is 0.415 e. The Balaban J connectivity index is 4.85. The molecule has 0 aromatic rings. The number of carbonyl (C=O) groups is 1. The molecule has 0 saturated heterocycles. The van der Waals surface area contributed by atoms with Crippen molar-refractivity contribution in [2.45, 2.75) is 50.9 Å². The Hall–Kier alpha value is -0.820. The van der Waals surface area contributed by atoms with E-state index in [-0.39, 0.29) is 13.0 Å². The van der Waals surface area contributed by atoms with Gasteiger partial charge in [-0.2, -0.15) is 13.2 Å². The molecule has 17 heavy (non-hydrogen) atoms. The van der Waals surface area contributed by atoms with E-state index in [1.54, 1.807) is 13.8 Å². The maximum atomic E-state index is 12.5. The molecule has 0 spiro atoms. The summed E-state index contributed by atoms with van der Waals surface area (Å²) in [6.07, 6.45) is -4.25. The number of nitrogens with one attached hydrogen (secondary N) is 1. The predicted octanol–water partition coefficient (Wildman–Crippen LogP) is 0.933. The summed E-state index contributed by atoms with van der Waals surface area (Å²) in [5.41, 5.74) is 1.17. The summed E-state index contributed by atoms with van der Waals surface area (Å²) < 4.78 is 37.5. The molecule has 2 unspecified atom stereocenters.